The number of carbonyl (C=O) groups excluding carboxylic acids is 7. The molecule has 0 bridgehead atoms. The molecular weight excluding hydrogens is 1120 g/mol. The summed E-state index contributed by atoms with van der Waals surface area (Å²) in [5.41, 5.74) is 5.09. The highest BCUT2D eigenvalue weighted by molar-refractivity contribution is 7.99. The highest BCUT2D eigenvalue weighted by Crippen LogP contribution is 2.18. The zero-order chi connectivity index (χ0) is 57.5. The zero-order valence-corrected chi connectivity index (χ0v) is 45.7. The summed E-state index contributed by atoms with van der Waals surface area (Å²) in [5.74, 6) is -8.08. The van der Waals surface area contributed by atoms with E-state index in [9.17, 15) is 63.0 Å². The van der Waals surface area contributed by atoms with Crippen LogP contribution in [-0.4, -0.2) is 186 Å². The fourth-order valence-electron chi connectivity index (χ4n) is 6.60. The molecular formula is C59H120N4O20S. The summed E-state index contributed by atoms with van der Waals surface area (Å²) < 4.78 is 21.3. The molecule has 0 saturated heterocycles. The van der Waals surface area contributed by atoms with Crippen molar-refractivity contribution in [1.29, 1.82) is 0 Å². The van der Waals surface area contributed by atoms with E-state index in [2.05, 4.69) is 16.0 Å². The molecule has 5 atom stereocenters. The molecule has 25 heteroatoms. The summed E-state index contributed by atoms with van der Waals surface area (Å²) in [4.78, 5) is 128. The number of ketones is 4. The summed E-state index contributed by atoms with van der Waals surface area (Å²) >= 11 is 1.28. The van der Waals surface area contributed by atoms with Crippen LogP contribution in [0.25, 0.3) is 0 Å². The average molecular weight is 1240 g/mol. The van der Waals surface area contributed by atoms with Crippen molar-refractivity contribution in [2.45, 2.75) is 214 Å². The number of nitrogens with two attached hydrogens (primary N) is 1. The van der Waals surface area contributed by atoms with Gasteiger partial charge in [-0.05, 0) is 46.0 Å². The number of hydrogen-bond donors (Lipinski definition) is 9. The van der Waals surface area contributed by atoms with E-state index in [1.807, 2.05) is 0 Å². The molecule has 84 heavy (non-hydrogen) atoms. The maximum Gasteiger partial charge on any atom is 0.326 e. The van der Waals surface area contributed by atoms with Crippen LogP contribution in [0.1, 0.15) is 202 Å². The SMILES string of the molecule is C.C.C.C.C.C.C.C.CC(=O)[C@H](C)N.C[C@@H](CSCC(=O)CCCCC[C@H](CC(=O)COCCOCCNC(=O)COCCOCCNC(=O)CC[C@@H](NC(=O)CCCCCCCCCCC(=O)O)C(=O)O)C(=O)O)C(=O)C[C@@H](CO)C(=O)O. The van der Waals surface area contributed by atoms with Gasteiger partial charge >= 0.3 is 23.9 Å². The van der Waals surface area contributed by atoms with Crippen LogP contribution in [0.5, 0.6) is 0 Å². The van der Waals surface area contributed by atoms with Crippen LogP contribution >= 0.6 is 11.8 Å². The second kappa shape index (κ2) is 67.2. The first-order chi connectivity index (χ1) is 36.1. The molecule has 0 fully saturated rings. The van der Waals surface area contributed by atoms with Crippen LogP contribution in [0.2, 0.25) is 0 Å². The van der Waals surface area contributed by atoms with Crippen LogP contribution < -0.4 is 21.7 Å². The molecule has 0 aromatic carbocycles. The van der Waals surface area contributed by atoms with E-state index in [1.165, 1.54) is 18.7 Å². The minimum absolute atomic E-state index is 0. The summed E-state index contributed by atoms with van der Waals surface area (Å²) in [6, 6.07) is -1.47. The third-order valence-corrected chi connectivity index (χ3v) is 12.6. The molecule has 0 aliphatic carbocycles. The minimum atomic E-state index is -1.24. The number of ether oxygens (including phenoxy) is 4. The summed E-state index contributed by atoms with van der Waals surface area (Å²) in [7, 11) is 0. The maximum absolute atomic E-state index is 12.3. The first kappa shape index (κ1) is 101. The van der Waals surface area contributed by atoms with Gasteiger partial charge in [0, 0.05) is 63.3 Å². The molecule has 0 radical (unpaired) electrons. The van der Waals surface area contributed by atoms with Gasteiger partial charge in [-0.25, -0.2) is 4.79 Å². The number of rotatable bonds is 51. The van der Waals surface area contributed by atoms with Gasteiger partial charge in [-0.1, -0.05) is 118 Å². The number of amides is 3. The molecule has 0 aliphatic rings. The van der Waals surface area contributed by atoms with E-state index in [0.717, 1.165) is 38.5 Å². The number of aliphatic hydroxyl groups excluding tert-OH is 1. The highest BCUT2D eigenvalue weighted by atomic mass is 32.2. The van der Waals surface area contributed by atoms with E-state index in [1.54, 1.807) is 13.8 Å². The average Bonchev–Trinajstić information content (AvgIpc) is 3.35. The Bertz CT molecular complexity index is 1720. The first-order valence-corrected chi connectivity index (χ1v) is 27.3. The molecule has 0 heterocycles. The Kier molecular flexibility index (Phi) is 80.8. The second-order valence-corrected chi connectivity index (χ2v) is 19.4. The molecule has 502 valence electrons. The van der Waals surface area contributed by atoms with Gasteiger partial charge in [0.15, 0.2) is 5.78 Å². The number of carbonyl (C=O) groups is 11. The fraction of sp³-hybridized carbons (Fsp3) is 0.814. The fourth-order valence-corrected chi connectivity index (χ4v) is 7.63. The first-order valence-electron chi connectivity index (χ1n) is 26.2. The zero-order valence-electron chi connectivity index (χ0n) is 44.9. The number of Topliss-reactive ketones (excluding diaryl/α,β-unsaturated/α-hetero) is 4. The lowest BCUT2D eigenvalue weighted by Gasteiger charge is -2.14. The van der Waals surface area contributed by atoms with Crippen molar-refractivity contribution < 1.29 is 97.2 Å². The summed E-state index contributed by atoms with van der Waals surface area (Å²) in [6.45, 7) is 4.84. The summed E-state index contributed by atoms with van der Waals surface area (Å²) in [6.07, 6.45) is 8.86. The second-order valence-electron chi connectivity index (χ2n) is 18.4. The lowest BCUT2D eigenvalue weighted by Crippen LogP contribution is -2.41. The number of aliphatic hydroxyl groups is 1. The van der Waals surface area contributed by atoms with Crippen molar-refractivity contribution in [3.05, 3.63) is 0 Å². The van der Waals surface area contributed by atoms with Crippen LogP contribution in [0, 0.1) is 17.8 Å². The molecule has 0 aliphatic heterocycles. The number of nitrogens with one attached hydrogen (secondary N) is 3. The largest absolute Gasteiger partial charge is 0.481 e. The molecule has 24 nitrogen and oxygen atoms in total. The van der Waals surface area contributed by atoms with Crippen molar-refractivity contribution in [2.24, 2.45) is 23.5 Å². The van der Waals surface area contributed by atoms with E-state index in [4.69, 9.17) is 40.0 Å². The van der Waals surface area contributed by atoms with Gasteiger partial charge < -0.3 is 66.2 Å². The van der Waals surface area contributed by atoms with E-state index < -0.39 is 60.2 Å². The van der Waals surface area contributed by atoms with Gasteiger partial charge in [-0.15, -0.1) is 0 Å². The predicted octanol–water partition coefficient (Wildman–Crippen LogP) is 7.83. The summed E-state index contributed by atoms with van der Waals surface area (Å²) in [5, 5.41) is 53.5. The third-order valence-electron chi connectivity index (χ3n) is 11.4. The quantitative estimate of drug-likeness (QED) is 0.0262. The smallest absolute Gasteiger partial charge is 0.326 e. The molecule has 0 saturated carbocycles. The lowest BCUT2D eigenvalue weighted by molar-refractivity contribution is -0.145. The Labute approximate surface area is 509 Å². The normalized spacial score (nSPS) is 11.7. The number of thioether (sulfide) groups is 1. The molecule has 0 aromatic heterocycles. The molecule has 10 N–H and O–H groups in total. The van der Waals surface area contributed by atoms with Crippen molar-refractivity contribution >= 4 is 76.5 Å². The van der Waals surface area contributed by atoms with Crippen molar-refractivity contribution in [2.75, 3.05) is 84.1 Å². The van der Waals surface area contributed by atoms with Gasteiger partial charge in [0.25, 0.3) is 0 Å². The standard InChI is InChI=1S/C47H79N3O19S.C4H9NO.8CH4/c1-34(40(54)28-36(29-51)46(62)63)32-70-33-37(52)14-10-8-9-13-35(45(60)61)27-38(53)30-68-25-23-67-22-20-49-43(57)31-69-26-24-66-21-19-48-41(55)18-17-39(47(64)65)50-42(56)15-11-6-4-2-3-5-7-12-16-44(58)59;1-3(5)4(2)6;;;;;;;;/h34-36,39,51H,2-33H2,1H3,(H,48,55)(H,49,57)(H,50,56)(H,58,59)(H,60,61)(H,62,63)(H,64,65);3H,5H2,1-2H3;8*1H4/t34-,35+,36-,39+;3-;;;;;;;;/m00......../s1. The van der Waals surface area contributed by atoms with Gasteiger partial charge in [0.1, 0.15) is 36.6 Å². The topological polar surface area (TPSA) is 388 Å². The van der Waals surface area contributed by atoms with Crippen LogP contribution in [-0.2, 0) is 71.7 Å². The monoisotopic (exact) mass is 1240 g/mol. The predicted molar refractivity (Wildman–Crippen MR) is 333 cm³/mol. The number of unbranched alkanes of at least 4 members (excludes halogenated alkanes) is 9. The Morgan fingerprint density at radius 2 is 0.940 bits per heavy atom. The molecule has 0 rings (SSSR count). The van der Waals surface area contributed by atoms with Gasteiger partial charge in [-0.2, -0.15) is 11.8 Å². The number of hydrogen-bond acceptors (Lipinski definition) is 18. The van der Waals surface area contributed by atoms with E-state index in [-0.39, 0.29) is 217 Å². The lowest BCUT2D eigenvalue weighted by atomic mass is 9.95. The molecule has 0 aromatic rings. The highest BCUT2D eigenvalue weighted by Gasteiger charge is 2.25. The van der Waals surface area contributed by atoms with Crippen molar-refractivity contribution in [1.82, 2.24) is 16.0 Å². The van der Waals surface area contributed by atoms with Crippen molar-refractivity contribution in [3.8, 4) is 0 Å². The molecule has 0 unspecified atom stereocenters. The van der Waals surface area contributed by atoms with Gasteiger partial charge in [0.2, 0.25) is 17.7 Å². The van der Waals surface area contributed by atoms with Crippen LogP contribution in [0.15, 0.2) is 0 Å². The van der Waals surface area contributed by atoms with E-state index in [0.29, 0.717) is 44.3 Å². The Morgan fingerprint density at radius 3 is 1.42 bits per heavy atom. The Hall–Kier alpha value is -4.92. The number of carboxylic acid groups (broad SMARTS) is 4. The minimum Gasteiger partial charge on any atom is -0.481 e. The van der Waals surface area contributed by atoms with E-state index >= 15 is 0 Å². The number of aliphatic carboxylic acids is 4. The third kappa shape index (κ3) is 64.6. The Morgan fingerprint density at radius 1 is 0.488 bits per heavy atom. The van der Waals surface area contributed by atoms with Gasteiger partial charge in [0.05, 0.1) is 69.9 Å². The maximum atomic E-state index is 12.3. The van der Waals surface area contributed by atoms with Crippen LogP contribution in [0.4, 0.5) is 0 Å². The molecule has 0 spiro atoms. The van der Waals surface area contributed by atoms with Gasteiger partial charge in [-0.3, -0.25) is 47.9 Å². The van der Waals surface area contributed by atoms with Crippen molar-refractivity contribution in [3.63, 3.8) is 0 Å². The molecule has 3 amide bonds. The number of carboxylic acids is 4. The van der Waals surface area contributed by atoms with Crippen LogP contribution in [0.3, 0.4) is 0 Å². The Balaban J connectivity index is -0.000000462.